The molecular formula is C11H11NO2S. The highest BCUT2D eigenvalue weighted by molar-refractivity contribution is 7.99. The Hall–Kier alpha value is -1.47. The number of nitriles is 1. The minimum Gasteiger partial charge on any atom is -0.481 e. The third kappa shape index (κ3) is 3.30. The van der Waals surface area contributed by atoms with Crippen molar-refractivity contribution in [3.05, 3.63) is 29.3 Å². The van der Waals surface area contributed by atoms with Crippen LogP contribution in [0.2, 0.25) is 0 Å². The Morgan fingerprint density at radius 2 is 2.33 bits per heavy atom. The molecule has 0 aliphatic heterocycles. The number of rotatable bonds is 4. The van der Waals surface area contributed by atoms with E-state index < -0.39 is 5.97 Å². The van der Waals surface area contributed by atoms with E-state index >= 15 is 0 Å². The molecule has 3 nitrogen and oxygen atoms in total. The molecule has 0 saturated heterocycles. The van der Waals surface area contributed by atoms with Gasteiger partial charge in [0, 0.05) is 4.90 Å². The fraction of sp³-hybridized carbons (Fsp3) is 0.273. The molecule has 0 bridgehead atoms. The molecule has 0 fully saturated rings. The highest BCUT2D eigenvalue weighted by Crippen LogP contribution is 2.21. The van der Waals surface area contributed by atoms with Gasteiger partial charge in [-0.05, 0) is 23.4 Å². The van der Waals surface area contributed by atoms with Gasteiger partial charge < -0.3 is 5.11 Å². The summed E-state index contributed by atoms with van der Waals surface area (Å²) in [7, 11) is 0. The van der Waals surface area contributed by atoms with Crippen LogP contribution in [-0.4, -0.2) is 16.8 Å². The van der Waals surface area contributed by atoms with Gasteiger partial charge in [0.05, 0.1) is 18.1 Å². The Morgan fingerprint density at radius 1 is 1.60 bits per heavy atom. The lowest BCUT2D eigenvalue weighted by molar-refractivity contribution is -0.136. The summed E-state index contributed by atoms with van der Waals surface area (Å²) < 4.78 is 0. The Balaban J connectivity index is 2.99. The number of carbonyl (C=O) groups is 1. The molecule has 1 aromatic carbocycles. The number of carboxylic acid groups (broad SMARTS) is 1. The van der Waals surface area contributed by atoms with Crippen LogP contribution in [-0.2, 0) is 11.2 Å². The van der Waals surface area contributed by atoms with Gasteiger partial charge in [0.15, 0.2) is 0 Å². The molecule has 15 heavy (non-hydrogen) atoms. The summed E-state index contributed by atoms with van der Waals surface area (Å²) in [5.74, 6) is 0.0192. The Bertz CT molecular complexity index is 410. The molecule has 0 unspecified atom stereocenters. The first-order valence-electron chi connectivity index (χ1n) is 4.55. The van der Waals surface area contributed by atoms with Gasteiger partial charge >= 0.3 is 5.97 Å². The molecule has 1 rings (SSSR count). The van der Waals surface area contributed by atoms with Crippen LogP contribution in [0.1, 0.15) is 18.1 Å². The molecule has 0 aromatic heterocycles. The predicted molar refractivity (Wildman–Crippen MR) is 58.9 cm³/mol. The van der Waals surface area contributed by atoms with E-state index in [2.05, 4.69) is 0 Å². The Kier molecular flexibility index (Phi) is 4.19. The van der Waals surface area contributed by atoms with Gasteiger partial charge in [-0.15, -0.1) is 11.8 Å². The van der Waals surface area contributed by atoms with E-state index in [0.717, 1.165) is 10.6 Å². The number of hydrogen-bond acceptors (Lipinski definition) is 3. The van der Waals surface area contributed by atoms with E-state index in [-0.39, 0.29) is 6.42 Å². The molecular weight excluding hydrogens is 210 g/mol. The number of carboxylic acids is 1. The number of benzene rings is 1. The molecule has 0 spiro atoms. The summed E-state index contributed by atoms with van der Waals surface area (Å²) in [6, 6.07) is 7.33. The largest absolute Gasteiger partial charge is 0.481 e. The molecule has 0 heterocycles. The van der Waals surface area contributed by atoms with Crippen molar-refractivity contribution in [2.75, 3.05) is 5.75 Å². The van der Waals surface area contributed by atoms with Crippen LogP contribution >= 0.6 is 11.8 Å². The Labute approximate surface area is 92.7 Å². The van der Waals surface area contributed by atoms with Gasteiger partial charge in [-0.1, -0.05) is 13.0 Å². The molecule has 1 N–H and O–H groups in total. The van der Waals surface area contributed by atoms with Crippen molar-refractivity contribution >= 4 is 17.7 Å². The van der Waals surface area contributed by atoms with E-state index in [1.54, 1.807) is 23.9 Å². The number of hydrogen-bond donors (Lipinski definition) is 1. The zero-order valence-corrected chi connectivity index (χ0v) is 9.17. The third-order valence-corrected chi connectivity index (χ3v) is 2.73. The lowest BCUT2D eigenvalue weighted by Gasteiger charge is -2.03. The highest BCUT2D eigenvalue weighted by atomic mass is 32.2. The van der Waals surface area contributed by atoms with Crippen LogP contribution in [0.15, 0.2) is 23.1 Å². The van der Waals surface area contributed by atoms with Gasteiger partial charge in [0.25, 0.3) is 0 Å². The van der Waals surface area contributed by atoms with E-state index in [1.807, 2.05) is 19.1 Å². The maximum absolute atomic E-state index is 10.5. The van der Waals surface area contributed by atoms with E-state index in [4.69, 9.17) is 10.4 Å². The van der Waals surface area contributed by atoms with Gasteiger partial charge in [0.2, 0.25) is 0 Å². The van der Waals surface area contributed by atoms with Crippen molar-refractivity contribution in [2.24, 2.45) is 0 Å². The van der Waals surface area contributed by atoms with Crippen LogP contribution in [0, 0.1) is 11.3 Å². The summed E-state index contributed by atoms with van der Waals surface area (Å²) in [4.78, 5) is 11.5. The predicted octanol–water partition coefficient (Wildman–Crippen LogP) is 2.30. The molecule has 0 amide bonds. The summed E-state index contributed by atoms with van der Waals surface area (Å²) in [5.41, 5.74) is 1.03. The lowest BCUT2D eigenvalue weighted by Crippen LogP contribution is -2.02. The van der Waals surface area contributed by atoms with Crippen LogP contribution in [0.3, 0.4) is 0 Å². The first kappa shape index (κ1) is 11.6. The molecule has 0 aliphatic carbocycles. The molecule has 1 aromatic rings. The van der Waals surface area contributed by atoms with Crippen LogP contribution in [0.4, 0.5) is 0 Å². The van der Waals surface area contributed by atoms with Crippen molar-refractivity contribution < 1.29 is 9.90 Å². The van der Waals surface area contributed by atoms with E-state index in [1.165, 1.54) is 0 Å². The van der Waals surface area contributed by atoms with Crippen molar-refractivity contribution in [3.63, 3.8) is 0 Å². The van der Waals surface area contributed by atoms with Gasteiger partial charge in [-0.2, -0.15) is 5.26 Å². The molecule has 78 valence electrons. The zero-order valence-electron chi connectivity index (χ0n) is 8.36. The average Bonchev–Trinajstić information content (AvgIpc) is 2.20. The molecule has 4 heteroatoms. The van der Waals surface area contributed by atoms with E-state index in [9.17, 15) is 4.79 Å². The molecule has 0 atom stereocenters. The second kappa shape index (κ2) is 5.42. The van der Waals surface area contributed by atoms with Crippen LogP contribution in [0.25, 0.3) is 0 Å². The summed E-state index contributed by atoms with van der Waals surface area (Å²) in [6.07, 6.45) is -0.0973. The molecule has 0 radical (unpaired) electrons. The SMILES string of the molecule is CCSc1ccc(CC(=O)O)c(C#N)c1. The maximum Gasteiger partial charge on any atom is 0.307 e. The maximum atomic E-state index is 10.5. The number of nitrogens with zero attached hydrogens (tertiary/aromatic N) is 1. The quantitative estimate of drug-likeness (QED) is 0.792. The summed E-state index contributed by atoms with van der Waals surface area (Å²) in [6.45, 7) is 2.03. The monoisotopic (exact) mass is 221 g/mol. The third-order valence-electron chi connectivity index (χ3n) is 1.85. The minimum absolute atomic E-state index is 0.0973. The highest BCUT2D eigenvalue weighted by Gasteiger charge is 2.07. The van der Waals surface area contributed by atoms with E-state index in [0.29, 0.717) is 11.1 Å². The zero-order chi connectivity index (χ0) is 11.3. The molecule has 0 aliphatic rings. The van der Waals surface area contributed by atoms with Crippen molar-refractivity contribution in [3.8, 4) is 6.07 Å². The van der Waals surface area contributed by atoms with Gasteiger partial charge in [0.1, 0.15) is 0 Å². The topological polar surface area (TPSA) is 61.1 Å². The number of aliphatic carboxylic acids is 1. The minimum atomic E-state index is -0.914. The van der Waals surface area contributed by atoms with Crippen LogP contribution < -0.4 is 0 Å². The van der Waals surface area contributed by atoms with Crippen molar-refractivity contribution in [2.45, 2.75) is 18.2 Å². The first-order valence-corrected chi connectivity index (χ1v) is 5.53. The second-order valence-electron chi connectivity index (χ2n) is 2.93. The van der Waals surface area contributed by atoms with Crippen molar-refractivity contribution in [1.82, 2.24) is 0 Å². The fourth-order valence-corrected chi connectivity index (χ4v) is 1.93. The standard InChI is InChI=1S/C11H11NO2S/c1-2-15-10-4-3-8(6-11(13)14)9(5-10)7-12/h3-5H,2,6H2,1H3,(H,13,14). The van der Waals surface area contributed by atoms with Gasteiger partial charge in [-0.3, -0.25) is 4.79 Å². The normalized spacial score (nSPS) is 9.60. The number of thioether (sulfide) groups is 1. The van der Waals surface area contributed by atoms with Gasteiger partial charge in [-0.25, -0.2) is 0 Å². The average molecular weight is 221 g/mol. The Morgan fingerprint density at radius 3 is 2.87 bits per heavy atom. The first-order chi connectivity index (χ1) is 7.17. The van der Waals surface area contributed by atoms with Crippen LogP contribution in [0.5, 0.6) is 0 Å². The summed E-state index contributed by atoms with van der Waals surface area (Å²) in [5, 5.41) is 17.5. The molecule has 0 saturated carbocycles. The second-order valence-corrected chi connectivity index (χ2v) is 4.27. The van der Waals surface area contributed by atoms with Crippen molar-refractivity contribution in [1.29, 1.82) is 5.26 Å². The lowest BCUT2D eigenvalue weighted by atomic mass is 10.1. The summed E-state index contributed by atoms with van der Waals surface area (Å²) >= 11 is 1.63. The smallest absolute Gasteiger partial charge is 0.307 e. The fourth-order valence-electron chi connectivity index (χ4n) is 1.23.